The van der Waals surface area contributed by atoms with Crippen molar-refractivity contribution in [2.75, 3.05) is 0 Å². The molecule has 1 heterocycles. The second-order valence-corrected chi connectivity index (χ2v) is 3.13. The average molecular weight is 285 g/mol. The summed E-state index contributed by atoms with van der Waals surface area (Å²) in [6.45, 7) is 0. The second kappa shape index (κ2) is 4.13. The maximum atomic E-state index is 12.2. The maximum Gasteiger partial charge on any atom is 0.457 e. The molecule has 0 amide bonds. The summed E-state index contributed by atoms with van der Waals surface area (Å²) in [6.07, 6.45) is -4.67. The minimum absolute atomic E-state index is 0.0778. The van der Waals surface area contributed by atoms with Crippen molar-refractivity contribution in [3.8, 4) is 0 Å². The van der Waals surface area contributed by atoms with Crippen molar-refractivity contribution in [3.05, 3.63) is 33.5 Å². The molecule has 4 nitrogen and oxygen atoms in total. The van der Waals surface area contributed by atoms with Crippen molar-refractivity contribution in [2.24, 2.45) is 0 Å². The third kappa shape index (κ3) is 2.65. The Kier molecular flexibility index (Phi) is 3.28. The second-order valence-electron chi connectivity index (χ2n) is 2.57. The van der Waals surface area contributed by atoms with Crippen LogP contribution in [-0.4, -0.2) is 9.91 Å². The Labute approximate surface area is 90.4 Å². The molecule has 0 saturated heterocycles. The number of hydrogen-bond donors (Lipinski definition) is 0. The fraction of sp³-hybridized carbons (Fsp3) is 0.286. The Balaban J connectivity index is 3.28. The van der Waals surface area contributed by atoms with E-state index in [1.165, 1.54) is 0 Å². The summed E-state index contributed by atoms with van der Waals surface area (Å²) in [7, 11) is 0. The van der Waals surface area contributed by atoms with Gasteiger partial charge in [-0.1, -0.05) is 15.9 Å². The minimum Gasteiger partial charge on any atom is -0.358 e. The van der Waals surface area contributed by atoms with Crippen molar-refractivity contribution in [1.29, 1.82) is 0 Å². The SMILES string of the molecule is O=[N+]([O-])c1nc(C(F)(F)F)ccc1CBr. The van der Waals surface area contributed by atoms with Crippen molar-refractivity contribution >= 4 is 21.7 Å². The van der Waals surface area contributed by atoms with Crippen LogP contribution in [0.15, 0.2) is 12.1 Å². The summed E-state index contributed by atoms with van der Waals surface area (Å²) in [5.74, 6) is -0.776. The van der Waals surface area contributed by atoms with Crippen LogP contribution in [0.5, 0.6) is 0 Å². The largest absolute Gasteiger partial charge is 0.457 e. The monoisotopic (exact) mass is 284 g/mol. The number of hydrogen-bond acceptors (Lipinski definition) is 3. The van der Waals surface area contributed by atoms with Gasteiger partial charge in [-0.2, -0.15) is 13.2 Å². The lowest BCUT2D eigenvalue weighted by molar-refractivity contribution is -0.390. The summed E-state index contributed by atoms with van der Waals surface area (Å²) in [5, 5.41) is 10.5. The highest BCUT2D eigenvalue weighted by Crippen LogP contribution is 2.30. The molecule has 0 aromatic carbocycles. The molecule has 0 radical (unpaired) electrons. The first-order valence-corrected chi connectivity index (χ1v) is 4.76. The lowest BCUT2D eigenvalue weighted by atomic mass is 10.2. The van der Waals surface area contributed by atoms with Crippen LogP contribution in [0.2, 0.25) is 0 Å². The van der Waals surface area contributed by atoms with Crippen molar-refractivity contribution in [3.63, 3.8) is 0 Å². The molecule has 82 valence electrons. The zero-order valence-corrected chi connectivity index (χ0v) is 8.67. The molecule has 0 N–H and O–H groups in total. The normalized spacial score (nSPS) is 11.5. The molecule has 0 spiro atoms. The molecule has 0 unspecified atom stereocenters. The van der Waals surface area contributed by atoms with Gasteiger partial charge in [0.1, 0.15) is 0 Å². The van der Waals surface area contributed by atoms with Gasteiger partial charge in [-0.25, -0.2) is 0 Å². The van der Waals surface area contributed by atoms with E-state index in [-0.39, 0.29) is 10.9 Å². The Bertz CT molecular complexity index is 394. The van der Waals surface area contributed by atoms with Crippen LogP contribution < -0.4 is 0 Å². The first kappa shape index (κ1) is 11.9. The zero-order valence-electron chi connectivity index (χ0n) is 7.08. The predicted octanol–water partition coefficient (Wildman–Crippen LogP) is 2.90. The highest BCUT2D eigenvalue weighted by molar-refractivity contribution is 9.08. The van der Waals surface area contributed by atoms with E-state index in [9.17, 15) is 23.3 Å². The van der Waals surface area contributed by atoms with Gasteiger partial charge >= 0.3 is 12.0 Å². The summed E-state index contributed by atoms with van der Waals surface area (Å²) in [5.41, 5.74) is -1.16. The van der Waals surface area contributed by atoms with Crippen molar-refractivity contribution in [1.82, 2.24) is 4.98 Å². The topological polar surface area (TPSA) is 56.0 Å². The Hall–Kier alpha value is -1.18. The number of alkyl halides is 4. The van der Waals surface area contributed by atoms with Crippen LogP contribution in [0.1, 0.15) is 11.3 Å². The third-order valence-corrected chi connectivity index (χ3v) is 2.17. The molecule has 0 atom stereocenters. The predicted molar refractivity (Wildman–Crippen MR) is 48.5 cm³/mol. The quantitative estimate of drug-likeness (QED) is 0.477. The minimum atomic E-state index is -4.67. The van der Waals surface area contributed by atoms with Gasteiger partial charge in [-0.15, -0.1) is 0 Å². The molecule has 8 heteroatoms. The van der Waals surface area contributed by atoms with Gasteiger partial charge in [0.2, 0.25) is 0 Å². The average Bonchev–Trinajstić information content (AvgIpc) is 2.15. The Morgan fingerprint density at radius 1 is 1.47 bits per heavy atom. The van der Waals surface area contributed by atoms with E-state index in [4.69, 9.17) is 0 Å². The lowest BCUT2D eigenvalue weighted by Crippen LogP contribution is -2.10. The first-order chi connectivity index (χ1) is 6.86. The van der Waals surface area contributed by atoms with Crippen LogP contribution in [0.3, 0.4) is 0 Å². The number of nitrogens with zero attached hydrogens (tertiary/aromatic N) is 2. The Morgan fingerprint density at radius 2 is 2.07 bits per heavy atom. The molecule has 0 aliphatic heterocycles. The van der Waals surface area contributed by atoms with Crippen molar-refractivity contribution < 1.29 is 18.1 Å². The first-order valence-electron chi connectivity index (χ1n) is 3.63. The van der Waals surface area contributed by atoms with Gasteiger partial charge in [0.25, 0.3) is 5.69 Å². The molecule has 0 aliphatic carbocycles. The van der Waals surface area contributed by atoms with Gasteiger partial charge in [0, 0.05) is 5.33 Å². The van der Waals surface area contributed by atoms with Gasteiger partial charge < -0.3 is 10.1 Å². The fourth-order valence-electron chi connectivity index (χ4n) is 0.897. The number of pyridine rings is 1. The number of rotatable bonds is 2. The molecular formula is C7H4BrF3N2O2. The van der Waals surface area contributed by atoms with Gasteiger partial charge in [-0.3, -0.25) is 0 Å². The molecule has 0 aliphatic rings. The van der Waals surface area contributed by atoms with Gasteiger partial charge in [0.05, 0.1) is 5.56 Å². The number of halogens is 4. The fourth-order valence-corrected chi connectivity index (χ4v) is 1.34. The highest BCUT2D eigenvalue weighted by atomic mass is 79.9. The van der Waals surface area contributed by atoms with Crippen LogP contribution >= 0.6 is 15.9 Å². The van der Waals surface area contributed by atoms with Crippen LogP contribution in [0.4, 0.5) is 19.0 Å². The van der Waals surface area contributed by atoms with Gasteiger partial charge in [-0.05, 0) is 22.0 Å². The molecule has 1 rings (SSSR count). The van der Waals surface area contributed by atoms with Crippen LogP contribution in [0.25, 0.3) is 0 Å². The van der Waals surface area contributed by atoms with E-state index >= 15 is 0 Å². The van der Waals surface area contributed by atoms with E-state index in [1.807, 2.05) is 0 Å². The smallest absolute Gasteiger partial charge is 0.358 e. The summed E-state index contributed by atoms with van der Waals surface area (Å²) < 4.78 is 36.5. The molecular weight excluding hydrogens is 281 g/mol. The maximum absolute atomic E-state index is 12.2. The standard InChI is InChI=1S/C7H4BrF3N2O2/c8-3-4-1-2-5(7(9,10)11)12-6(4)13(14)15/h1-2H,3H2. The van der Waals surface area contributed by atoms with Gasteiger partial charge in [0.15, 0.2) is 0 Å². The summed E-state index contributed by atoms with van der Waals surface area (Å²) >= 11 is 2.93. The highest BCUT2D eigenvalue weighted by Gasteiger charge is 2.38. The molecule has 0 saturated carbocycles. The van der Waals surface area contributed by atoms with E-state index < -0.39 is 22.6 Å². The number of aromatic nitrogens is 1. The summed E-state index contributed by atoms with van der Waals surface area (Å²) in [4.78, 5) is 12.4. The van der Waals surface area contributed by atoms with E-state index in [0.717, 1.165) is 6.07 Å². The van der Waals surface area contributed by atoms with Crippen molar-refractivity contribution in [2.45, 2.75) is 11.5 Å². The van der Waals surface area contributed by atoms with Crippen LogP contribution in [-0.2, 0) is 11.5 Å². The summed E-state index contributed by atoms with van der Waals surface area (Å²) in [6, 6.07) is 1.74. The number of nitro groups is 1. The molecule has 1 aromatic rings. The van der Waals surface area contributed by atoms with E-state index in [2.05, 4.69) is 20.9 Å². The van der Waals surface area contributed by atoms with Crippen LogP contribution in [0, 0.1) is 10.1 Å². The Morgan fingerprint density at radius 3 is 2.47 bits per heavy atom. The van der Waals surface area contributed by atoms with E-state index in [1.54, 1.807) is 0 Å². The zero-order chi connectivity index (χ0) is 11.6. The van der Waals surface area contributed by atoms with E-state index in [0.29, 0.717) is 6.07 Å². The molecule has 0 fully saturated rings. The third-order valence-electron chi connectivity index (χ3n) is 1.56. The molecule has 1 aromatic heterocycles. The lowest BCUT2D eigenvalue weighted by Gasteiger charge is -2.03. The molecule has 0 bridgehead atoms. The molecule has 15 heavy (non-hydrogen) atoms.